The Kier molecular flexibility index (Phi) is 5.75. The number of benzene rings is 1. The predicted octanol–water partition coefficient (Wildman–Crippen LogP) is 2.91. The molecule has 1 atom stereocenters. The van der Waals surface area contributed by atoms with E-state index in [-0.39, 0.29) is 70.7 Å². The number of amides is 2. The Morgan fingerprint density at radius 1 is 1.29 bits per heavy atom. The molecule has 1 fully saturated rings. The van der Waals surface area contributed by atoms with Crippen molar-refractivity contribution >= 4 is 34.9 Å². The molecule has 2 amide bonds. The van der Waals surface area contributed by atoms with Crippen molar-refractivity contribution in [3.8, 4) is 22.8 Å². The van der Waals surface area contributed by atoms with Crippen LogP contribution in [0.5, 0.6) is 11.5 Å². The Labute approximate surface area is 222 Å². The maximum absolute atomic E-state index is 15.0. The quantitative estimate of drug-likeness (QED) is 0.511. The SMILES string of the molecule is C=CC(=O)N1CCN2C(=O)c3c(N4CCc5c4cnn5C)nc(-c4c(O)cccc4F)c(Cl)c3OCC2C1. The first-order valence-electron chi connectivity index (χ1n) is 12.1. The molecule has 1 saturated heterocycles. The average Bonchev–Trinajstić information content (AvgIpc) is 3.46. The summed E-state index contributed by atoms with van der Waals surface area (Å²) in [5, 5.41) is 14.8. The van der Waals surface area contributed by atoms with Crippen molar-refractivity contribution in [1.82, 2.24) is 24.6 Å². The number of anilines is 2. The average molecular weight is 539 g/mol. The van der Waals surface area contributed by atoms with Crippen molar-refractivity contribution in [2.45, 2.75) is 12.5 Å². The van der Waals surface area contributed by atoms with Gasteiger partial charge in [-0.25, -0.2) is 9.37 Å². The van der Waals surface area contributed by atoms with Gasteiger partial charge in [0.1, 0.15) is 34.5 Å². The molecule has 6 rings (SSSR count). The van der Waals surface area contributed by atoms with Crippen LogP contribution in [0.1, 0.15) is 16.1 Å². The number of hydrogen-bond acceptors (Lipinski definition) is 7. The van der Waals surface area contributed by atoms with Gasteiger partial charge in [0.2, 0.25) is 5.91 Å². The van der Waals surface area contributed by atoms with Crippen LogP contribution in [0.3, 0.4) is 0 Å². The molecule has 0 saturated carbocycles. The summed E-state index contributed by atoms with van der Waals surface area (Å²) in [5.74, 6) is -1.33. The summed E-state index contributed by atoms with van der Waals surface area (Å²) in [6.07, 6.45) is 3.59. The van der Waals surface area contributed by atoms with Gasteiger partial charge in [-0.2, -0.15) is 5.10 Å². The Morgan fingerprint density at radius 3 is 2.87 bits per heavy atom. The number of aromatic nitrogens is 3. The highest BCUT2D eigenvalue weighted by molar-refractivity contribution is 6.35. The first-order valence-corrected chi connectivity index (χ1v) is 12.5. The first-order chi connectivity index (χ1) is 18.3. The minimum Gasteiger partial charge on any atom is -0.507 e. The number of aryl methyl sites for hydroxylation is 1. The van der Waals surface area contributed by atoms with Gasteiger partial charge < -0.3 is 24.5 Å². The minimum atomic E-state index is -0.718. The lowest BCUT2D eigenvalue weighted by molar-refractivity contribution is -0.128. The molecule has 3 aliphatic heterocycles. The van der Waals surface area contributed by atoms with Crippen molar-refractivity contribution < 1.29 is 23.8 Å². The Balaban J connectivity index is 1.54. The molecule has 10 nitrogen and oxygen atoms in total. The molecular formula is C26H24ClFN6O4. The lowest BCUT2D eigenvalue weighted by Gasteiger charge is -2.39. The smallest absolute Gasteiger partial charge is 0.261 e. The van der Waals surface area contributed by atoms with Crippen LogP contribution in [0.15, 0.2) is 37.1 Å². The van der Waals surface area contributed by atoms with Crippen LogP contribution < -0.4 is 9.64 Å². The van der Waals surface area contributed by atoms with Crippen LogP contribution in [-0.2, 0) is 18.3 Å². The highest BCUT2D eigenvalue weighted by Gasteiger charge is 2.42. The Morgan fingerprint density at radius 2 is 2.11 bits per heavy atom. The number of rotatable bonds is 3. The molecule has 3 aromatic rings. The number of halogens is 2. The number of aromatic hydroxyl groups is 1. The molecule has 3 aliphatic rings. The van der Waals surface area contributed by atoms with Gasteiger partial charge in [-0.3, -0.25) is 14.3 Å². The number of piperazine rings is 1. The molecule has 0 aliphatic carbocycles. The van der Waals surface area contributed by atoms with Crippen LogP contribution in [0, 0.1) is 5.82 Å². The van der Waals surface area contributed by atoms with Gasteiger partial charge in [0, 0.05) is 39.6 Å². The molecule has 2 aromatic heterocycles. The van der Waals surface area contributed by atoms with E-state index in [1.165, 1.54) is 24.3 Å². The van der Waals surface area contributed by atoms with Crippen LogP contribution in [-0.4, -0.2) is 80.3 Å². The van der Waals surface area contributed by atoms with E-state index in [4.69, 9.17) is 21.3 Å². The third-order valence-corrected chi connectivity index (χ3v) is 7.68. The van der Waals surface area contributed by atoms with E-state index in [2.05, 4.69) is 11.7 Å². The van der Waals surface area contributed by atoms with Crippen LogP contribution in [0.2, 0.25) is 5.02 Å². The number of ether oxygens (including phenoxy) is 1. The van der Waals surface area contributed by atoms with Crippen molar-refractivity contribution in [3.63, 3.8) is 0 Å². The van der Waals surface area contributed by atoms with Gasteiger partial charge in [0.15, 0.2) is 11.6 Å². The molecule has 1 aromatic carbocycles. The van der Waals surface area contributed by atoms with E-state index in [1.54, 1.807) is 20.7 Å². The highest BCUT2D eigenvalue weighted by Crippen LogP contribution is 2.48. The molecule has 0 spiro atoms. The summed E-state index contributed by atoms with van der Waals surface area (Å²) in [5.41, 5.74) is 1.65. The summed E-state index contributed by atoms with van der Waals surface area (Å²) in [6.45, 7) is 5.01. The summed E-state index contributed by atoms with van der Waals surface area (Å²) < 4.78 is 22.9. The van der Waals surface area contributed by atoms with E-state index in [9.17, 15) is 14.7 Å². The number of hydrogen-bond donors (Lipinski definition) is 1. The molecule has 5 heterocycles. The van der Waals surface area contributed by atoms with Crippen LogP contribution in [0.25, 0.3) is 11.3 Å². The van der Waals surface area contributed by atoms with Gasteiger partial charge in [0.05, 0.1) is 29.2 Å². The second kappa shape index (κ2) is 9.02. The largest absolute Gasteiger partial charge is 0.507 e. The Hall–Kier alpha value is -4.12. The highest BCUT2D eigenvalue weighted by atomic mass is 35.5. The van der Waals surface area contributed by atoms with Gasteiger partial charge in [-0.1, -0.05) is 24.2 Å². The molecule has 0 radical (unpaired) electrons. The van der Waals surface area contributed by atoms with Crippen molar-refractivity contribution in [1.29, 1.82) is 0 Å². The number of pyridine rings is 1. The number of phenolic OH excluding ortho intramolecular Hbond substituents is 1. The molecule has 196 valence electrons. The monoisotopic (exact) mass is 538 g/mol. The molecule has 1 unspecified atom stereocenters. The van der Waals surface area contributed by atoms with E-state index in [0.29, 0.717) is 19.5 Å². The topological polar surface area (TPSA) is 104 Å². The van der Waals surface area contributed by atoms with Crippen LogP contribution in [0.4, 0.5) is 15.9 Å². The summed E-state index contributed by atoms with van der Waals surface area (Å²) >= 11 is 6.78. The second-order valence-corrected chi connectivity index (χ2v) is 9.77. The third-order valence-electron chi connectivity index (χ3n) is 7.33. The third kappa shape index (κ3) is 3.60. The fourth-order valence-corrected chi connectivity index (χ4v) is 5.69. The summed E-state index contributed by atoms with van der Waals surface area (Å²) in [7, 11) is 1.84. The lowest BCUT2D eigenvalue weighted by atomic mass is 10.1. The second-order valence-electron chi connectivity index (χ2n) is 9.39. The Bertz CT molecular complexity index is 1490. The lowest BCUT2D eigenvalue weighted by Crippen LogP contribution is -2.57. The molecule has 0 bridgehead atoms. The zero-order chi connectivity index (χ0) is 26.7. The molecular weight excluding hydrogens is 515 g/mol. The normalized spacial score (nSPS) is 18.4. The molecule has 12 heteroatoms. The molecule has 1 N–H and O–H groups in total. The molecule has 38 heavy (non-hydrogen) atoms. The maximum atomic E-state index is 15.0. The first kappa shape index (κ1) is 24.2. The van der Waals surface area contributed by atoms with E-state index < -0.39 is 11.9 Å². The van der Waals surface area contributed by atoms with Gasteiger partial charge in [-0.05, 0) is 18.2 Å². The van der Waals surface area contributed by atoms with Crippen molar-refractivity contribution in [2.75, 3.05) is 37.7 Å². The van der Waals surface area contributed by atoms with Gasteiger partial charge in [-0.15, -0.1) is 0 Å². The van der Waals surface area contributed by atoms with Crippen molar-refractivity contribution in [2.24, 2.45) is 7.05 Å². The van der Waals surface area contributed by atoms with Gasteiger partial charge in [0.25, 0.3) is 5.91 Å². The fraction of sp³-hybridized carbons (Fsp3) is 0.308. The summed E-state index contributed by atoms with van der Waals surface area (Å²) in [4.78, 5) is 36.2. The van der Waals surface area contributed by atoms with E-state index >= 15 is 4.39 Å². The maximum Gasteiger partial charge on any atom is 0.261 e. The fourth-order valence-electron chi connectivity index (χ4n) is 5.41. The van der Waals surface area contributed by atoms with Gasteiger partial charge >= 0.3 is 0 Å². The van der Waals surface area contributed by atoms with E-state index in [1.807, 2.05) is 11.9 Å². The zero-order valence-corrected chi connectivity index (χ0v) is 21.3. The number of fused-ring (bicyclic) bond motifs is 3. The van der Waals surface area contributed by atoms with Crippen LogP contribution >= 0.6 is 11.6 Å². The number of carbonyl (C=O) groups is 2. The number of nitrogens with zero attached hydrogens (tertiary/aromatic N) is 6. The summed E-state index contributed by atoms with van der Waals surface area (Å²) in [6, 6.07) is 3.48. The minimum absolute atomic E-state index is 0.0375. The van der Waals surface area contributed by atoms with Crippen molar-refractivity contribution in [3.05, 3.63) is 59.1 Å². The van der Waals surface area contributed by atoms with E-state index in [0.717, 1.165) is 11.4 Å². The number of carbonyl (C=O) groups excluding carboxylic acids is 2. The predicted molar refractivity (Wildman–Crippen MR) is 137 cm³/mol. The zero-order valence-electron chi connectivity index (χ0n) is 20.5. The standard InChI is InChI=1S/C26H24ClFN6O4/c1-3-19(36)32-9-10-33-14(12-32)13-38-24-21(26(33)37)25(34-8-7-16-17(34)11-29-31(16)2)30-23(22(24)27)20-15(28)5-4-6-18(20)35/h3-6,11,14,35H,1,7-10,12-13H2,2H3. The number of phenols is 1.